The summed E-state index contributed by atoms with van der Waals surface area (Å²) in [4.78, 5) is 23.0. The SMILES string of the molecule is COC1C(O)C(CO)OC(OC2C(C(=O)O)OC(O)C(O)C2O)C1NC(C)=O. The molecular formula is C15H25NO12. The minimum Gasteiger partial charge on any atom is -0.479 e. The molecule has 1 amide bonds. The van der Waals surface area contributed by atoms with Crippen molar-refractivity contribution in [3.05, 3.63) is 0 Å². The number of ether oxygens (including phenoxy) is 4. The molecule has 28 heavy (non-hydrogen) atoms. The third-order valence-corrected chi connectivity index (χ3v) is 4.59. The summed E-state index contributed by atoms with van der Waals surface area (Å²) in [5.41, 5.74) is 0. The lowest BCUT2D eigenvalue weighted by atomic mass is 9.95. The zero-order chi connectivity index (χ0) is 21.2. The average molecular weight is 411 g/mol. The highest BCUT2D eigenvalue weighted by molar-refractivity contribution is 5.74. The van der Waals surface area contributed by atoms with Crippen LogP contribution in [-0.2, 0) is 28.5 Å². The molecular weight excluding hydrogens is 386 g/mol. The predicted molar refractivity (Wildman–Crippen MR) is 85.6 cm³/mol. The number of rotatable bonds is 6. The number of carboxylic acid groups (broad SMARTS) is 1. The molecule has 2 heterocycles. The lowest BCUT2D eigenvalue weighted by Crippen LogP contribution is -2.68. The van der Waals surface area contributed by atoms with E-state index in [1.165, 1.54) is 14.0 Å². The Kier molecular flexibility index (Phi) is 7.66. The summed E-state index contributed by atoms with van der Waals surface area (Å²) >= 11 is 0. The van der Waals surface area contributed by atoms with Crippen LogP contribution in [0.25, 0.3) is 0 Å². The fourth-order valence-electron chi connectivity index (χ4n) is 3.21. The van der Waals surface area contributed by atoms with Gasteiger partial charge in [0.25, 0.3) is 0 Å². The van der Waals surface area contributed by atoms with E-state index in [1.807, 2.05) is 0 Å². The number of carbonyl (C=O) groups excluding carboxylic acids is 1. The molecule has 0 aliphatic carbocycles. The van der Waals surface area contributed by atoms with E-state index in [1.54, 1.807) is 0 Å². The van der Waals surface area contributed by atoms with Gasteiger partial charge in [-0.1, -0.05) is 0 Å². The molecule has 0 saturated carbocycles. The van der Waals surface area contributed by atoms with Gasteiger partial charge in [0.1, 0.15) is 42.7 Å². The van der Waals surface area contributed by atoms with Crippen LogP contribution in [0.2, 0.25) is 0 Å². The molecule has 2 aliphatic heterocycles. The van der Waals surface area contributed by atoms with Gasteiger partial charge in [0.05, 0.1) is 6.61 Å². The van der Waals surface area contributed by atoms with Crippen LogP contribution in [-0.4, -0.2) is 118 Å². The molecule has 0 aromatic carbocycles. The van der Waals surface area contributed by atoms with Gasteiger partial charge < -0.3 is 54.9 Å². The summed E-state index contributed by atoms with van der Waals surface area (Å²) < 4.78 is 20.9. The van der Waals surface area contributed by atoms with Crippen molar-refractivity contribution in [1.82, 2.24) is 5.32 Å². The first-order chi connectivity index (χ1) is 13.1. The van der Waals surface area contributed by atoms with Crippen molar-refractivity contribution in [2.24, 2.45) is 0 Å². The van der Waals surface area contributed by atoms with E-state index in [0.29, 0.717) is 0 Å². The van der Waals surface area contributed by atoms with Crippen molar-refractivity contribution in [1.29, 1.82) is 0 Å². The summed E-state index contributed by atoms with van der Waals surface area (Å²) in [5, 5.41) is 60.9. The monoisotopic (exact) mass is 411 g/mol. The second-order valence-electron chi connectivity index (χ2n) is 6.51. The molecule has 13 heteroatoms. The van der Waals surface area contributed by atoms with Crippen LogP contribution in [0.3, 0.4) is 0 Å². The summed E-state index contributed by atoms with van der Waals surface area (Å²) in [5.74, 6) is -2.14. The van der Waals surface area contributed by atoms with Gasteiger partial charge >= 0.3 is 5.97 Å². The molecule has 2 saturated heterocycles. The number of aliphatic hydroxyl groups excluding tert-OH is 5. The van der Waals surface area contributed by atoms with E-state index < -0.39 is 79.8 Å². The summed E-state index contributed by atoms with van der Waals surface area (Å²) in [6.07, 6.45) is -14.5. The number of hydrogen-bond donors (Lipinski definition) is 7. The van der Waals surface area contributed by atoms with E-state index >= 15 is 0 Å². The molecule has 0 spiro atoms. The molecule has 13 nitrogen and oxygen atoms in total. The van der Waals surface area contributed by atoms with Gasteiger partial charge in [-0.25, -0.2) is 4.79 Å². The summed E-state index contributed by atoms with van der Waals surface area (Å²) in [6.45, 7) is 0.522. The first-order valence-electron chi connectivity index (χ1n) is 8.44. The van der Waals surface area contributed by atoms with Crippen LogP contribution < -0.4 is 5.32 Å². The fourth-order valence-corrected chi connectivity index (χ4v) is 3.21. The molecule has 0 bridgehead atoms. The van der Waals surface area contributed by atoms with Gasteiger partial charge in [-0.05, 0) is 0 Å². The predicted octanol–water partition coefficient (Wildman–Crippen LogP) is -4.51. The number of amides is 1. The van der Waals surface area contributed by atoms with E-state index in [2.05, 4.69) is 5.32 Å². The second kappa shape index (κ2) is 9.39. The largest absolute Gasteiger partial charge is 0.479 e. The van der Waals surface area contributed by atoms with Gasteiger partial charge in [0.2, 0.25) is 5.91 Å². The first kappa shape index (κ1) is 22.9. The standard InChI is InChI=1S/C15H25NO12/c1-4(18)16-6-10(25-2)7(19)5(3-17)26-15(6)28-11-8(20)9(21)14(24)27-12(11)13(22)23/h5-12,14-15,17,19-21,24H,3H2,1-2H3,(H,16,18)(H,22,23). The number of aliphatic carboxylic acids is 1. The van der Waals surface area contributed by atoms with Crippen molar-refractivity contribution in [3.63, 3.8) is 0 Å². The number of methoxy groups -OCH3 is 1. The minimum atomic E-state index is -1.96. The Morgan fingerprint density at radius 3 is 2.18 bits per heavy atom. The van der Waals surface area contributed by atoms with Gasteiger partial charge in [-0.3, -0.25) is 4.79 Å². The second-order valence-corrected chi connectivity index (χ2v) is 6.51. The van der Waals surface area contributed by atoms with Crippen LogP contribution in [0.15, 0.2) is 0 Å². The molecule has 0 aromatic heterocycles. The Hall–Kier alpha value is -1.42. The molecule has 10 unspecified atom stereocenters. The third-order valence-electron chi connectivity index (χ3n) is 4.59. The third kappa shape index (κ3) is 4.59. The average Bonchev–Trinajstić information content (AvgIpc) is 2.63. The summed E-state index contributed by atoms with van der Waals surface area (Å²) in [6, 6.07) is -1.16. The Bertz CT molecular complexity index is 561. The number of carboxylic acids is 1. The zero-order valence-electron chi connectivity index (χ0n) is 15.1. The smallest absolute Gasteiger partial charge is 0.335 e. The van der Waals surface area contributed by atoms with Crippen molar-refractivity contribution < 1.29 is 59.2 Å². The van der Waals surface area contributed by atoms with E-state index in [4.69, 9.17) is 18.9 Å². The molecule has 2 aliphatic rings. The van der Waals surface area contributed by atoms with Crippen molar-refractivity contribution in [2.75, 3.05) is 13.7 Å². The number of aliphatic hydroxyl groups is 5. The quantitative estimate of drug-likeness (QED) is 0.221. The highest BCUT2D eigenvalue weighted by Gasteiger charge is 2.53. The topological polar surface area (TPSA) is 204 Å². The van der Waals surface area contributed by atoms with Crippen LogP contribution in [0.1, 0.15) is 6.92 Å². The van der Waals surface area contributed by atoms with Gasteiger partial charge in [-0.2, -0.15) is 0 Å². The normalized spacial score (nSPS) is 44.1. The zero-order valence-corrected chi connectivity index (χ0v) is 15.1. The molecule has 2 rings (SSSR count). The molecule has 162 valence electrons. The van der Waals surface area contributed by atoms with E-state index in [9.17, 15) is 40.2 Å². The van der Waals surface area contributed by atoms with Crippen LogP contribution in [0.4, 0.5) is 0 Å². The molecule has 7 N–H and O–H groups in total. The summed E-state index contributed by atoms with van der Waals surface area (Å²) in [7, 11) is 1.23. The highest BCUT2D eigenvalue weighted by atomic mass is 16.7. The highest BCUT2D eigenvalue weighted by Crippen LogP contribution is 2.29. The van der Waals surface area contributed by atoms with Crippen molar-refractivity contribution in [3.8, 4) is 0 Å². The van der Waals surface area contributed by atoms with E-state index in [-0.39, 0.29) is 0 Å². The maximum absolute atomic E-state index is 11.6. The Morgan fingerprint density at radius 2 is 1.68 bits per heavy atom. The number of carbonyl (C=O) groups is 2. The number of hydrogen-bond acceptors (Lipinski definition) is 11. The van der Waals surface area contributed by atoms with Crippen molar-refractivity contribution >= 4 is 11.9 Å². The maximum atomic E-state index is 11.6. The minimum absolute atomic E-state index is 0.551. The van der Waals surface area contributed by atoms with Crippen LogP contribution in [0.5, 0.6) is 0 Å². The van der Waals surface area contributed by atoms with Gasteiger partial charge in [-0.15, -0.1) is 0 Å². The van der Waals surface area contributed by atoms with E-state index in [0.717, 1.165) is 0 Å². The Balaban J connectivity index is 2.31. The Labute approximate surface area is 159 Å². The van der Waals surface area contributed by atoms with Crippen LogP contribution in [0, 0.1) is 0 Å². The molecule has 0 aromatic rings. The van der Waals surface area contributed by atoms with Gasteiger partial charge in [0, 0.05) is 14.0 Å². The van der Waals surface area contributed by atoms with Crippen molar-refractivity contribution in [2.45, 2.75) is 68.3 Å². The fraction of sp³-hybridized carbons (Fsp3) is 0.867. The first-order valence-corrected chi connectivity index (χ1v) is 8.44. The lowest BCUT2D eigenvalue weighted by molar-refractivity contribution is -0.336. The lowest BCUT2D eigenvalue weighted by Gasteiger charge is -2.46. The number of nitrogens with one attached hydrogen (secondary N) is 1. The van der Waals surface area contributed by atoms with Gasteiger partial charge in [0.15, 0.2) is 18.7 Å². The maximum Gasteiger partial charge on any atom is 0.335 e. The van der Waals surface area contributed by atoms with Crippen LogP contribution >= 0.6 is 0 Å². The Morgan fingerprint density at radius 1 is 1.04 bits per heavy atom. The molecule has 2 fully saturated rings. The molecule has 0 radical (unpaired) electrons. The molecule has 10 atom stereocenters.